The molecular weight excluding hydrogens is 224 g/mol. The summed E-state index contributed by atoms with van der Waals surface area (Å²) in [6, 6.07) is 8.45. The fraction of sp³-hybridized carbons (Fsp3) is 0.286. The SMILES string of the molecule is CN1CCc2cc(CNc3ncccn3)ccc21. The van der Waals surface area contributed by atoms with Gasteiger partial charge in [-0.3, -0.25) is 0 Å². The third-order valence-corrected chi connectivity index (χ3v) is 3.29. The Morgan fingerprint density at radius 3 is 2.94 bits per heavy atom. The van der Waals surface area contributed by atoms with Crippen LogP contribution < -0.4 is 10.2 Å². The summed E-state index contributed by atoms with van der Waals surface area (Å²) in [4.78, 5) is 10.6. The fourth-order valence-corrected chi connectivity index (χ4v) is 2.30. The van der Waals surface area contributed by atoms with Crippen molar-refractivity contribution in [2.75, 3.05) is 23.8 Å². The lowest BCUT2D eigenvalue weighted by molar-refractivity contribution is 0.955. The Bertz CT molecular complexity index is 539. The van der Waals surface area contributed by atoms with Crippen molar-refractivity contribution in [1.29, 1.82) is 0 Å². The summed E-state index contributed by atoms with van der Waals surface area (Å²) >= 11 is 0. The second-order valence-electron chi connectivity index (χ2n) is 4.56. The zero-order chi connectivity index (χ0) is 12.4. The highest BCUT2D eigenvalue weighted by Gasteiger charge is 2.15. The number of hydrogen-bond donors (Lipinski definition) is 1. The maximum atomic E-state index is 4.15. The van der Waals surface area contributed by atoms with E-state index >= 15 is 0 Å². The minimum atomic E-state index is 0.676. The van der Waals surface area contributed by atoms with E-state index in [2.05, 4.69) is 45.4 Å². The van der Waals surface area contributed by atoms with Gasteiger partial charge in [0.2, 0.25) is 5.95 Å². The molecule has 2 heterocycles. The largest absolute Gasteiger partial charge is 0.374 e. The molecule has 1 aliphatic rings. The molecule has 0 saturated carbocycles. The van der Waals surface area contributed by atoms with E-state index < -0.39 is 0 Å². The highest BCUT2D eigenvalue weighted by Crippen LogP contribution is 2.27. The number of nitrogens with zero attached hydrogens (tertiary/aromatic N) is 3. The Kier molecular flexibility index (Phi) is 2.84. The molecule has 1 aromatic carbocycles. The molecule has 1 aromatic heterocycles. The van der Waals surface area contributed by atoms with Crippen molar-refractivity contribution in [3.63, 3.8) is 0 Å². The van der Waals surface area contributed by atoms with Gasteiger partial charge >= 0.3 is 0 Å². The lowest BCUT2D eigenvalue weighted by Crippen LogP contribution is -2.12. The zero-order valence-corrected chi connectivity index (χ0v) is 10.4. The molecule has 0 radical (unpaired) electrons. The molecular formula is C14H16N4. The van der Waals surface area contributed by atoms with Crippen LogP contribution in [0.1, 0.15) is 11.1 Å². The highest BCUT2D eigenvalue weighted by atomic mass is 15.1. The molecule has 0 atom stereocenters. The molecule has 2 aromatic rings. The maximum Gasteiger partial charge on any atom is 0.222 e. The van der Waals surface area contributed by atoms with Crippen LogP contribution in [0.4, 0.5) is 11.6 Å². The van der Waals surface area contributed by atoms with Gasteiger partial charge in [-0.05, 0) is 29.7 Å². The summed E-state index contributed by atoms with van der Waals surface area (Å²) in [6.07, 6.45) is 4.63. The van der Waals surface area contributed by atoms with Crippen LogP contribution in [0.5, 0.6) is 0 Å². The Hall–Kier alpha value is -2.10. The van der Waals surface area contributed by atoms with E-state index in [1.807, 2.05) is 6.07 Å². The second kappa shape index (κ2) is 4.64. The van der Waals surface area contributed by atoms with E-state index in [0.29, 0.717) is 5.95 Å². The van der Waals surface area contributed by atoms with Gasteiger partial charge in [-0.1, -0.05) is 12.1 Å². The maximum absolute atomic E-state index is 4.15. The van der Waals surface area contributed by atoms with E-state index in [4.69, 9.17) is 0 Å². The fourth-order valence-electron chi connectivity index (χ4n) is 2.30. The van der Waals surface area contributed by atoms with Crippen LogP contribution in [0.25, 0.3) is 0 Å². The summed E-state index contributed by atoms with van der Waals surface area (Å²) in [7, 11) is 2.14. The van der Waals surface area contributed by atoms with Crippen molar-refractivity contribution in [3.8, 4) is 0 Å². The van der Waals surface area contributed by atoms with Gasteiger partial charge in [0.25, 0.3) is 0 Å². The van der Waals surface area contributed by atoms with Gasteiger partial charge in [0.05, 0.1) is 0 Å². The summed E-state index contributed by atoms with van der Waals surface area (Å²) in [6.45, 7) is 1.88. The lowest BCUT2D eigenvalue weighted by atomic mass is 10.1. The van der Waals surface area contributed by atoms with E-state index in [9.17, 15) is 0 Å². The zero-order valence-electron chi connectivity index (χ0n) is 10.4. The lowest BCUT2D eigenvalue weighted by Gasteiger charge is -2.12. The average molecular weight is 240 g/mol. The third kappa shape index (κ3) is 2.14. The van der Waals surface area contributed by atoms with Crippen molar-refractivity contribution < 1.29 is 0 Å². The number of benzene rings is 1. The minimum Gasteiger partial charge on any atom is -0.374 e. The quantitative estimate of drug-likeness (QED) is 0.891. The molecule has 0 aliphatic carbocycles. The van der Waals surface area contributed by atoms with Crippen molar-refractivity contribution in [1.82, 2.24) is 9.97 Å². The van der Waals surface area contributed by atoms with Crippen LogP contribution in [-0.2, 0) is 13.0 Å². The van der Waals surface area contributed by atoms with Gasteiger partial charge in [-0.2, -0.15) is 0 Å². The van der Waals surface area contributed by atoms with Crippen LogP contribution in [0.15, 0.2) is 36.7 Å². The van der Waals surface area contributed by atoms with Gasteiger partial charge < -0.3 is 10.2 Å². The molecule has 1 aliphatic heterocycles. The first-order chi connectivity index (χ1) is 8.83. The van der Waals surface area contributed by atoms with Crippen molar-refractivity contribution in [2.24, 2.45) is 0 Å². The molecule has 0 amide bonds. The number of anilines is 2. The standard InChI is InChI=1S/C14H16N4/c1-18-8-5-12-9-11(3-4-13(12)18)10-17-14-15-6-2-7-16-14/h2-4,6-7,9H,5,8,10H2,1H3,(H,15,16,17). The molecule has 0 unspecified atom stereocenters. The van der Waals surface area contributed by atoms with E-state index in [1.165, 1.54) is 16.8 Å². The van der Waals surface area contributed by atoms with Crippen LogP contribution >= 0.6 is 0 Å². The summed E-state index contributed by atoms with van der Waals surface area (Å²) in [5.74, 6) is 0.676. The molecule has 0 spiro atoms. The monoisotopic (exact) mass is 240 g/mol. The number of nitrogens with one attached hydrogen (secondary N) is 1. The van der Waals surface area contributed by atoms with Crippen LogP contribution in [0, 0.1) is 0 Å². The Morgan fingerprint density at radius 2 is 2.11 bits per heavy atom. The van der Waals surface area contributed by atoms with Crippen LogP contribution in [0.2, 0.25) is 0 Å². The predicted molar refractivity (Wildman–Crippen MR) is 72.8 cm³/mol. The van der Waals surface area contributed by atoms with Gasteiger partial charge in [0.1, 0.15) is 0 Å². The molecule has 4 heteroatoms. The van der Waals surface area contributed by atoms with Gasteiger partial charge in [0, 0.05) is 38.2 Å². The average Bonchev–Trinajstić information content (AvgIpc) is 2.79. The number of aromatic nitrogens is 2. The smallest absolute Gasteiger partial charge is 0.222 e. The number of likely N-dealkylation sites (N-methyl/N-ethyl adjacent to an activating group) is 1. The van der Waals surface area contributed by atoms with E-state index in [1.54, 1.807) is 12.4 Å². The summed E-state index contributed by atoms with van der Waals surface area (Å²) in [5, 5.41) is 3.23. The van der Waals surface area contributed by atoms with Crippen molar-refractivity contribution in [2.45, 2.75) is 13.0 Å². The van der Waals surface area contributed by atoms with Gasteiger partial charge in [-0.15, -0.1) is 0 Å². The van der Waals surface area contributed by atoms with E-state index in [0.717, 1.165) is 19.5 Å². The van der Waals surface area contributed by atoms with Crippen LogP contribution in [-0.4, -0.2) is 23.6 Å². The second-order valence-corrected chi connectivity index (χ2v) is 4.56. The number of fused-ring (bicyclic) bond motifs is 1. The Morgan fingerprint density at radius 1 is 1.28 bits per heavy atom. The van der Waals surface area contributed by atoms with E-state index in [-0.39, 0.29) is 0 Å². The molecule has 0 bridgehead atoms. The first kappa shape index (κ1) is 11.0. The van der Waals surface area contributed by atoms with Crippen LogP contribution in [0.3, 0.4) is 0 Å². The topological polar surface area (TPSA) is 41.0 Å². The number of hydrogen-bond acceptors (Lipinski definition) is 4. The summed E-state index contributed by atoms with van der Waals surface area (Å²) in [5.41, 5.74) is 4.07. The molecule has 0 fully saturated rings. The first-order valence-corrected chi connectivity index (χ1v) is 6.17. The number of rotatable bonds is 3. The molecule has 4 nitrogen and oxygen atoms in total. The molecule has 92 valence electrons. The molecule has 0 saturated heterocycles. The Labute approximate surface area is 107 Å². The minimum absolute atomic E-state index is 0.676. The van der Waals surface area contributed by atoms with Crippen molar-refractivity contribution >= 4 is 11.6 Å². The molecule has 3 rings (SSSR count). The predicted octanol–water partition coefficient (Wildman–Crippen LogP) is 2.08. The third-order valence-electron chi connectivity index (χ3n) is 3.29. The van der Waals surface area contributed by atoms with Crippen molar-refractivity contribution in [3.05, 3.63) is 47.8 Å². The van der Waals surface area contributed by atoms with Gasteiger partial charge in [0.15, 0.2) is 0 Å². The van der Waals surface area contributed by atoms with Gasteiger partial charge in [-0.25, -0.2) is 9.97 Å². The first-order valence-electron chi connectivity index (χ1n) is 6.17. The highest BCUT2D eigenvalue weighted by molar-refractivity contribution is 5.58. The molecule has 1 N–H and O–H groups in total. The Balaban J connectivity index is 1.71. The molecule has 18 heavy (non-hydrogen) atoms. The summed E-state index contributed by atoms with van der Waals surface area (Å²) < 4.78 is 0. The normalized spacial score (nSPS) is 13.5.